The maximum Gasteiger partial charge on any atom is 0.328 e. The number of hydrogen-bond donors (Lipinski definition) is 2. The first-order valence-corrected chi connectivity index (χ1v) is 18.1. The highest BCUT2D eigenvalue weighted by Gasteiger charge is 2.31. The Hall–Kier alpha value is -6.19. The molecule has 2 saturated heterocycles. The van der Waals surface area contributed by atoms with Gasteiger partial charge in [0.1, 0.15) is 17.8 Å². The summed E-state index contributed by atoms with van der Waals surface area (Å²) in [7, 11) is 0. The molecule has 8 rings (SSSR count). The van der Waals surface area contributed by atoms with E-state index in [1.807, 2.05) is 24.4 Å². The molecule has 0 bridgehead atoms. The Balaban J connectivity index is 0.847. The Kier molecular flexibility index (Phi) is 9.24. The lowest BCUT2D eigenvalue weighted by atomic mass is 9.79. The van der Waals surface area contributed by atoms with Gasteiger partial charge in [-0.25, -0.2) is 19.4 Å². The summed E-state index contributed by atoms with van der Waals surface area (Å²) in [6, 6.07) is 15.3. The van der Waals surface area contributed by atoms with Gasteiger partial charge >= 0.3 is 6.03 Å². The number of nitrogens with one attached hydrogen (secondary N) is 2. The van der Waals surface area contributed by atoms with Crippen molar-refractivity contribution in [2.45, 2.75) is 63.3 Å². The van der Waals surface area contributed by atoms with Crippen LogP contribution in [0.2, 0.25) is 0 Å². The standard InChI is InChI=1S/C38H39N13O2/c1-24(16-39)44-32-15-35(51-37-29(19-43-51)14-26(17-40)18-42-37)41-20-34(32)50-23-33(46-47-50)28-4-2-25(3-5-28)10-12-48-21-30(22-48)27-6-8-31(9-7-27)49-13-11-36(52)45-38(49)53/h6-9,14-15,18-20,23-25,28,30H,2-5,10-13,21-22H2,1H3,(H,41,44)(H,45,52,53)/t24-,25?,28?/m1/s1. The molecule has 53 heavy (non-hydrogen) atoms. The van der Waals surface area contributed by atoms with Crippen LogP contribution in [0.15, 0.2) is 61.2 Å². The highest BCUT2D eigenvalue weighted by atomic mass is 16.2. The molecule has 0 radical (unpaired) electrons. The molecule has 4 aromatic heterocycles. The van der Waals surface area contributed by atoms with E-state index in [1.54, 1.807) is 39.6 Å². The topological polar surface area (TPSA) is 187 Å². The molecule has 0 spiro atoms. The molecule has 15 heteroatoms. The molecule has 268 valence electrons. The van der Waals surface area contributed by atoms with Gasteiger partial charge in [-0.05, 0) is 75.3 Å². The highest BCUT2D eigenvalue weighted by molar-refractivity contribution is 6.05. The number of anilines is 2. The van der Waals surface area contributed by atoms with Gasteiger partial charge in [0.2, 0.25) is 5.91 Å². The van der Waals surface area contributed by atoms with E-state index in [2.05, 4.69) is 65.2 Å². The van der Waals surface area contributed by atoms with Crippen LogP contribution < -0.4 is 15.5 Å². The summed E-state index contributed by atoms with van der Waals surface area (Å²) in [4.78, 5) is 36.9. The SMILES string of the molecule is C[C@H](C#N)Nc1cc(-n2ncc3cc(C#N)cnc32)ncc1-n1cc(C2CCC(CCN3CC(c4ccc(N5CCC(=O)NC5=O)cc4)C3)CC2)nn1. The van der Waals surface area contributed by atoms with Crippen LogP contribution in [-0.2, 0) is 4.79 Å². The van der Waals surface area contributed by atoms with E-state index in [-0.39, 0.29) is 11.9 Å². The van der Waals surface area contributed by atoms with E-state index in [0.29, 0.717) is 59.1 Å². The van der Waals surface area contributed by atoms with Gasteiger partial charge in [-0.2, -0.15) is 20.3 Å². The Bertz CT molecular complexity index is 2230. The first-order chi connectivity index (χ1) is 25.8. The summed E-state index contributed by atoms with van der Waals surface area (Å²) in [5, 5.41) is 38.7. The van der Waals surface area contributed by atoms with Gasteiger partial charge in [0.25, 0.3) is 0 Å². The van der Waals surface area contributed by atoms with E-state index in [0.717, 1.165) is 62.1 Å². The fraction of sp³-hybridized carbons (Fsp3) is 0.395. The molecule has 3 fully saturated rings. The molecule has 0 unspecified atom stereocenters. The van der Waals surface area contributed by atoms with E-state index < -0.39 is 6.04 Å². The van der Waals surface area contributed by atoms with Crippen molar-refractivity contribution in [3.8, 4) is 23.6 Å². The van der Waals surface area contributed by atoms with Crippen molar-refractivity contribution < 1.29 is 9.59 Å². The molecule has 2 N–H and O–H groups in total. The second kappa shape index (κ2) is 14.4. The highest BCUT2D eigenvalue weighted by Crippen LogP contribution is 2.38. The first kappa shape index (κ1) is 33.9. The molecule has 1 aromatic carbocycles. The van der Waals surface area contributed by atoms with Crippen LogP contribution in [-0.4, -0.2) is 83.8 Å². The Morgan fingerprint density at radius 3 is 2.57 bits per heavy atom. The summed E-state index contributed by atoms with van der Waals surface area (Å²) < 4.78 is 3.33. The summed E-state index contributed by atoms with van der Waals surface area (Å²) in [5.41, 5.74) is 5.45. The zero-order valence-electron chi connectivity index (χ0n) is 29.4. The van der Waals surface area contributed by atoms with Crippen LogP contribution in [0.25, 0.3) is 22.5 Å². The third-order valence-corrected chi connectivity index (χ3v) is 10.8. The van der Waals surface area contributed by atoms with Crippen molar-refractivity contribution in [3.63, 3.8) is 0 Å². The van der Waals surface area contributed by atoms with Crippen molar-refractivity contribution in [1.29, 1.82) is 10.5 Å². The number of amides is 3. The van der Waals surface area contributed by atoms with E-state index in [9.17, 15) is 20.1 Å². The van der Waals surface area contributed by atoms with Crippen molar-refractivity contribution in [2.24, 2.45) is 5.92 Å². The van der Waals surface area contributed by atoms with Crippen molar-refractivity contribution >= 4 is 34.3 Å². The van der Waals surface area contributed by atoms with Gasteiger partial charge in [-0.3, -0.25) is 15.0 Å². The average Bonchev–Trinajstić information content (AvgIpc) is 3.82. The monoisotopic (exact) mass is 709 g/mol. The number of carbonyl (C=O) groups is 2. The van der Waals surface area contributed by atoms with Crippen LogP contribution in [0, 0.1) is 28.6 Å². The third-order valence-electron chi connectivity index (χ3n) is 10.8. The van der Waals surface area contributed by atoms with Crippen LogP contribution in [0.3, 0.4) is 0 Å². The largest absolute Gasteiger partial charge is 0.368 e. The smallest absolute Gasteiger partial charge is 0.328 e. The minimum atomic E-state index is -0.466. The molecule has 1 atom stereocenters. The van der Waals surface area contributed by atoms with Crippen LogP contribution in [0.5, 0.6) is 0 Å². The molecule has 3 aliphatic rings. The van der Waals surface area contributed by atoms with Crippen LogP contribution >= 0.6 is 0 Å². The van der Waals surface area contributed by atoms with Crippen molar-refractivity contribution in [2.75, 3.05) is 36.4 Å². The summed E-state index contributed by atoms with van der Waals surface area (Å²) >= 11 is 0. The maximum atomic E-state index is 12.2. The Labute approximate surface area is 306 Å². The lowest BCUT2D eigenvalue weighted by Gasteiger charge is -2.41. The number of hydrogen-bond acceptors (Lipinski definition) is 11. The lowest BCUT2D eigenvalue weighted by Crippen LogP contribution is -2.49. The van der Waals surface area contributed by atoms with E-state index in [4.69, 9.17) is 0 Å². The molecule has 1 saturated carbocycles. The predicted molar refractivity (Wildman–Crippen MR) is 195 cm³/mol. The van der Waals surface area contributed by atoms with E-state index >= 15 is 0 Å². The van der Waals surface area contributed by atoms with Gasteiger partial charge in [0, 0.05) is 61.2 Å². The zero-order valence-corrected chi connectivity index (χ0v) is 29.4. The number of fused-ring (bicyclic) bond motifs is 1. The second-order valence-corrected chi connectivity index (χ2v) is 14.3. The minimum Gasteiger partial charge on any atom is -0.368 e. The summed E-state index contributed by atoms with van der Waals surface area (Å²) in [6.07, 6.45) is 12.8. The van der Waals surface area contributed by atoms with Crippen LogP contribution in [0.1, 0.15) is 74.1 Å². The fourth-order valence-electron chi connectivity index (χ4n) is 7.66. The first-order valence-electron chi connectivity index (χ1n) is 18.1. The number of pyridine rings is 2. The van der Waals surface area contributed by atoms with Crippen molar-refractivity contribution in [1.82, 2.24) is 45.0 Å². The Morgan fingerprint density at radius 2 is 1.81 bits per heavy atom. The number of rotatable bonds is 10. The molecule has 3 amide bonds. The number of benzene rings is 1. The average molecular weight is 710 g/mol. The van der Waals surface area contributed by atoms with Gasteiger partial charge < -0.3 is 10.2 Å². The number of likely N-dealkylation sites (tertiary alicyclic amines) is 1. The molecule has 5 aromatic rings. The molecule has 1 aliphatic carbocycles. The molecule has 15 nitrogen and oxygen atoms in total. The van der Waals surface area contributed by atoms with Gasteiger partial charge in [0.15, 0.2) is 11.5 Å². The summed E-state index contributed by atoms with van der Waals surface area (Å²) in [5.74, 6) is 1.84. The maximum absolute atomic E-state index is 12.2. The number of carbonyl (C=O) groups excluding carboxylic acids is 2. The normalized spacial score (nSPS) is 20.0. The van der Waals surface area contributed by atoms with Gasteiger partial charge in [-0.1, -0.05) is 17.3 Å². The van der Waals surface area contributed by atoms with Gasteiger partial charge in [0.05, 0.1) is 41.6 Å². The minimum absolute atomic E-state index is 0.222. The predicted octanol–water partition coefficient (Wildman–Crippen LogP) is 4.80. The number of imide groups is 1. The Morgan fingerprint density at radius 1 is 1.00 bits per heavy atom. The zero-order chi connectivity index (χ0) is 36.5. The number of nitrogens with zero attached hydrogens (tertiary/aromatic N) is 11. The number of urea groups is 1. The van der Waals surface area contributed by atoms with E-state index in [1.165, 1.54) is 18.2 Å². The lowest BCUT2D eigenvalue weighted by molar-refractivity contribution is -0.120. The second-order valence-electron chi connectivity index (χ2n) is 14.3. The quantitative estimate of drug-likeness (QED) is 0.203. The third kappa shape index (κ3) is 7.03. The fourth-order valence-corrected chi connectivity index (χ4v) is 7.66. The number of nitriles is 2. The van der Waals surface area contributed by atoms with Gasteiger partial charge in [-0.15, -0.1) is 5.10 Å². The summed E-state index contributed by atoms with van der Waals surface area (Å²) in [6.45, 7) is 5.40. The molecule has 6 heterocycles. The van der Waals surface area contributed by atoms with Crippen LogP contribution in [0.4, 0.5) is 16.2 Å². The molecular formula is C38H39N13O2. The van der Waals surface area contributed by atoms with Crippen molar-refractivity contribution in [3.05, 3.63) is 78.0 Å². The molecule has 2 aliphatic heterocycles. The molecular weight excluding hydrogens is 671 g/mol. The number of aromatic nitrogens is 7.